The van der Waals surface area contributed by atoms with Crippen LogP contribution >= 0.6 is 0 Å². The highest BCUT2D eigenvalue weighted by molar-refractivity contribution is 6.05. The fraction of sp³-hybridized carbons (Fsp3) is 0.350. The highest BCUT2D eigenvalue weighted by atomic mass is 16.1. The lowest BCUT2D eigenvalue weighted by Gasteiger charge is -2.17. The Balaban J connectivity index is 1.96. The second kappa shape index (κ2) is 6.67. The predicted molar refractivity (Wildman–Crippen MR) is 99.7 cm³/mol. The molecule has 0 saturated carbocycles. The van der Waals surface area contributed by atoms with E-state index in [2.05, 4.69) is 42.2 Å². The van der Waals surface area contributed by atoms with Gasteiger partial charge in [0.2, 0.25) is 0 Å². The molecule has 0 aliphatic rings. The first-order valence-corrected chi connectivity index (χ1v) is 8.59. The molecule has 0 radical (unpaired) electrons. The highest BCUT2D eigenvalue weighted by Gasteiger charge is 2.19. The molecular formula is C20H24N4O. The summed E-state index contributed by atoms with van der Waals surface area (Å²) in [5, 5.41) is 8.30. The smallest absolute Gasteiger partial charge is 0.252 e. The van der Waals surface area contributed by atoms with Crippen molar-refractivity contribution in [1.82, 2.24) is 20.1 Å². The predicted octanol–water partition coefficient (Wildman–Crippen LogP) is 4.12. The number of nitrogens with one attached hydrogen (secondary N) is 1. The van der Waals surface area contributed by atoms with E-state index in [1.807, 2.05) is 42.8 Å². The maximum atomic E-state index is 12.9. The fourth-order valence-electron chi connectivity index (χ4n) is 3.13. The van der Waals surface area contributed by atoms with Crippen LogP contribution in [0.15, 0.2) is 36.5 Å². The highest BCUT2D eigenvalue weighted by Crippen LogP contribution is 2.23. The number of aromatic nitrogens is 3. The van der Waals surface area contributed by atoms with Crippen molar-refractivity contribution in [1.29, 1.82) is 0 Å². The molecule has 3 rings (SSSR count). The first-order chi connectivity index (χ1) is 11.9. The van der Waals surface area contributed by atoms with E-state index in [9.17, 15) is 4.79 Å². The monoisotopic (exact) mass is 336 g/mol. The van der Waals surface area contributed by atoms with Crippen molar-refractivity contribution in [3.8, 4) is 0 Å². The van der Waals surface area contributed by atoms with E-state index in [1.165, 1.54) is 5.56 Å². The molecular weight excluding hydrogens is 312 g/mol. The molecule has 0 aliphatic heterocycles. The van der Waals surface area contributed by atoms with Gasteiger partial charge in [-0.25, -0.2) is 9.67 Å². The number of carbonyl (C=O) groups is 1. The molecule has 0 aliphatic carbocycles. The Kier molecular flexibility index (Phi) is 4.57. The number of fused-ring (bicyclic) bond motifs is 1. The van der Waals surface area contributed by atoms with Crippen molar-refractivity contribution >= 4 is 16.9 Å². The van der Waals surface area contributed by atoms with Crippen molar-refractivity contribution in [2.45, 2.75) is 46.7 Å². The largest absolute Gasteiger partial charge is 0.345 e. The maximum absolute atomic E-state index is 12.9. The Morgan fingerprint density at radius 3 is 2.56 bits per heavy atom. The van der Waals surface area contributed by atoms with E-state index in [0.29, 0.717) is 5.56 Å². The van der Waals surface area contributed by atoms with Gasteiger partial charge >= 0.3 is 0 Å². The van der Waals surface area contributed by atoms with Crippen LogP contribution < -0.4 is 5.32 Å². The van der Waals surface area contributed by atoms with Crippen molar-refractivity contribution in [3.63, 3.8) is 0 Å². The lowest BCUT2D eigenvalue weighted by Crippen LogP contribution is -2.27. The number of hydrogen-bond donors (Lipinski definition) is 1. The third kappa shape index (κ3) is 3.27. The maximum Gasteiger partial charge on any atom is 0.252 e. The third-order valence-electron chi connectivity index (χ3n) is 4.43. The Hall–Kier alpha value is -2.69. The van der Waals surface area contributed by atoms with Gasteiger partial charge in [0.25, 0.3) is 5.91 Å². The van der Waals surface area contributed by atoms with Gasteiger partial charge in [-0.1, -0.05) is 24.3 Å². The molecule has 5 nitrogen and oxygen atoms in total. The molecule has 0 saturated heterocycles. The second-order valence-corrected chi connectivity index (χ2v) is 6.78. The van der Waals surface area contributed by atoms with Crippen LogP contribution in [0.4, 0.5) is 0 Å². The SMILES string of the molecule is Cc1cc(C(=O)N[C@@H](C)c2ccccc2C)c2cnn(C(C)C)c2n1. The van der Waals surface area contributed by atoms with Crippen molar-refractivity contribution in [2.75, 3.05) is 0 Å². The van der Waals surface area contributed by atoms with Gasteiger partial charge in [0, 0.05) is 11.7 Å². The molecule has 2 aromatic heterocycles. The van der Waals surface area contributed by atoms with Crippen LogP contribution in [-0.2, 0) is 0 Å². The Morgan fingerprint density at radius 1 is 1.16 bits per heavy atom. The molecule has 5 heteroatoms. The van der Waals surface area contributed by atoms with Gasteiger partial charge in [-0.3, -0.25) is 4.79 Å². The van der Waals surface area contributed by atoms with Crippen molar-refractivity contribution in [2.24, 2.45) is 0 Å². The summed E-state index contributed by atoms with van der Waals surface area (Å²) in [6, 6.07) is 10.0. The zero-order valence-electron chi connectivity index (χ0n) is 15.4. The van der Waals surface area contributed by atoms with Crippen molar-refractivity contribution in [3.05, 3.63) is 58.9 Å². The summed E-state index contributed by atoms with van der Waals surface area (Å²) in [5.74, 6) is -0.102. The molecule has 0 spiro atoms. The number of benzene rings is 1. The topological polar surface area (TPSA) is 59.8 Å². The molecule has 0 bridgehead atoms. The minimum atomic E-state index is -0.102. The first kappa shape index (κ1) is 17.1. The molecule has 1 atom stereocenters. The average molecular weight is 336 g/mol. The minimum Gasteiger partial charge on any atom is -0.345 e. The van der Waals surface area contributed by atoms with Crippen LogP contribution in [0, 0.1) is 13.8 Å². The van der Waals surface area contributed by atoms with Gasteiger partial charge in [-0.15, -0.1) is 0 Å². The Labute approximate surface area is 148 Å². The second-order valence-electron chi connectivity index (χ2n) is 6.78. The van der Waals surface area contributed by atoms with Gasteiger partial charge in [-0.05, 0) is 51.8 Å². The summed E-state index contributed by atoms with van der Waals surface area (Å²) in [4.78, 5) is 17.5. The van der Waals surface area contributed by atoms with E-state index in [1.54, 1.807) is 6.20 Å². The summed E-state index contributed by atoms with van der Waals surface area (Å²) >= 11 is 0. The van der Waals surface area contributed by atoms with Gasteiger partial charge in [0.15, 0.2) is 5.65 Å². The number of amides is 1. The number of hydrogen-bond acceptors (Lipinski definition) is 3. The number of aryl methyl sites for hydroxylation is 2. The summed E-state index contributed by atoms with van der Waals surface area (Å²) < 4.78 is 1.85. The molecule has 3 aromatic rings. The molecule has 0 unspecified atom stereocenters. The fourth-order valence-corrected chi connectivity index (χ4v) is 3.13. The minimum absolute atomic E-state index is 0.0719. The lowest BCUT2D eigenvalue weighted by molar-refractivity contribution is 0.0941. The standard InChI is InChI=1S/C20H24N4O/c1-12(2)24-19-18(11-21-24)17(10-14(4)22-19)20(25)23-15(5)16-9-7-6-8-13(16)3/h6-12,15H,1-5H3,(H,23,25)/t15-/m0/s1. The lowest BCUT2D eigenvalue weighted by atomic mass is 10.0. The van der Waals surface area contributed by atoms with Gasteiger partial charge in [0.1, 0.15) is 0 Å². The molecule has 2 heterocycles. The molecule has 1 amide bonds. The summed E-state index contributed by atoms with van der Waals surface area (Å²) in [6.07, 6.45) is 1.73. The van der Waals surface area contributed by atoms with Crippen LogP contribution in [0.25, 0.3) is 11.0 Å². The van der Waals surface area contributed by atoms with E-state index in [4.69, 9.17) is 0 Å². The zero-order valence-corrected chi connectivity index (χ0v) is 15.4. The van der Waals surface area contributed by atoms with Crippen LogP contribution in [0.5, 0.6) is 0 Å². The van der Waals surface area contributed by atoms with Crippen LogP contribution in [-0.4, -0.2) is 20.7 Å². The van der Waals surface area contributed by atoms with Gasteiger partial charge < -0.3 is 5.32 Å². The van der Waals surface area contributed by atoms with E-state index < -0.39 is 0 Å². The van der Waals surface area contributed by atoms with Gasteiger partial charge in [0.05, 0.1) is 23.2 Å². The molecule has 25 heavy (non-hydrogen) atoms. The van der Waals surface area contributed by atoms with E-state index in [-0.39, 0.29) is 18.0 Å². The van der Waals surface area contributed by atoms with Crippen LogP contribution in [0.3, 0.4) is 0 Å². The molecule has 130 valence electrons. The van der Waals surface area contributed by atoms with Crippen LogP contribution in [0.1, 0.15) is 60.0 Å². The van der Waals surface area contributed by atoms with E-state index >= 15 is 0 Å². The third-order valence-corrected chi connectivity index (χ3v) is 4.43. The van der Waals surface area contributed by atoms with Crippen molar-refractivity contribution < 1.29 is 4.79 Å². The quantitative estimate of drug-likeness (QED) is 0.779. The Bertz CT molecular complexity index is 927. The van der Waals surface area contributed by atoms with E-state index in [0.717, 1.165) is 22.3 Å². The Morgan fingerprint density at radius 2 is 1.88 bits per heavy atom. The summed E-state index contributed by atoms with van der Waals surface area (Å²) in [6.45, 7) is 10.1. The molecule has 1 N–H and O–H groups in total. The summed E-state index contributed by atoms with van der Waals surface area (Å²) in [5.41, 5.74) is 4.47. The first-order valence-electron chi connectivity index (χ1n) is 8.59. The number of nitrogens with zero attached hydrogens (tertiary/aromatic N) is 3. The van der Waals surface area contributed by atoms with Crippen LogP contribution in [0.2, 0.25) is 0 Å². The summed E-state index contributed by atoms with van der Waals surface area (Å²) in [7, 11) is 0. The normalized spacial score (nSPS) is 12.6. The number of rotatable bonds is 4. The number of carbonyl (C=O) groups excluding carboxylic acids is 1. The molecule has 0 fully saturated rings. The molecule has 1 aromatic carbocycles. The average Bonchev–Trinajstić information content (AvgIpc) is 2.98. The zero-order chi connectivity index (χ0) is 18.1. The number of pyridine rings is 1. The van der Waals surface area contributed by atoms with Gasteiger partial charge in [-0.2, -0.15) is 5.10 Å².